The predicted molar refractivity (Wildman–Crippen MR) is 77.8 cm³/mol. The van der Waals surface area contributed by atoms with E-state index in [9.17, 15) is 18.4 Å². The molecule has 1 heterocycles. The number of halogens is 3. The smallest absolute Gasteiger partial charge is 0.387 e. The summed E-state index contributed by atoms with van der Waals surface area (Å²) in [6.07, 6.45) is 0. The number of aromatic nitrogens is 1. The largest absolute Gasteiger partial charge is 0.433 e. The number of aryl methyl sites for hydroxylation is 1. The number of rotatable bonds is 4. The molecule has 2 N–H and O–H groups in total. The van der Waals surface area contributed by atoms with Gasteiger partial charge in [-0.2, -0.15) is 8.78 Å². The predicted octanol–water partition coefficient (Wildman–Crippen LogP) is 3.19. The number of pyridine rings is 1. The van der Waals surface area contributed by atoms with Gasteiger partial charge in [-0.25, -0.2) is 0 Å². The Morgan fingerprint density at radius 2 is 2.05 bits per heavy atom. The van der Waals surface area contributed by atoms with Crippen molar-refractivity contribution in [3.63, 3.8) is 0 Å². The van der Waals surface area contributed by atoms with E-state index in [4.69, 9.17) is 11.6 Å². The van der Waals surface area contributed by atoms with Gasteiger partial charge in [-0.3, -0.25) is 9.59 Å². The summed E-state index contributed by atoms with van der Waals surface area (Å²) in [4.78, 5) is 26.2. The van der Waals surface area contributed by atoms with Crippen LogP contribution < -0.4 is 15.6 Å². The Morgan fingerprint density at radius 3 is 2.68 bits per heavy atom. The number of carbonyl (C=O) groups excluding carboxylic acids is 1. The van der Waals surface area contributed by atoms with Crippen molar-refractivity contribution in [2.75, 3.05) is 5.32 Å². The van der Waals surface area contributed by atoms with Gasteiger partial charge < -0.3 is 15.0 Å². The first-order valence-corrected chi connectivity index (χ1v) is 6.50. The van der Waals surface area contributed by atoms with Gasteiger partial charge in [-0.1, -0.05) is 11.6 Å². The third-order valence-electron chi connectivity index (χ3n) is 2.71. The summed E-state index contributed by atoms with van der Waals surface area (Å²) in [5.74, 6) is -1.04. The lowest BCUT2D eigenvalue weighted by Crippen LogP contribution is -2.23. The highest BCUT2D eigenvalue weighted by molar-refractivity contribution is 6.30. The third-order valence-corrected chi connectivity index (χ3v) is 2.94. The molecule has 116 valence electrons. The van der Waals surface area contributed by atoms with Crippen LogP contribution in [0.2, 0.25) is 5.02 Å². The van der Waals surface area contributed by atoms with Crippen LogP contribution in [0.15, 0.2) is 35.1 Å². The molecule has 0 saturated carbocycles. The molecule has 0 aliphatic heterocycles. The lowest BCUT2D eigenvalue weighted by Gasteiger charge is -2.12. The number of anilines is 1. The van der Waals surface area contributed by atoms with Crippen molar-refractivity contribution in [2.24, 2.45) is 0 Å². The second kappa shape index (κ2) is 6.57. The van der Waals surface area contributed by atoms with Crippen molar-refractivity contribution in [3.8, 4) is 5.75 Å². The molecule has 0 spiro atoms. The Bertz CT molecular complexity index is 762. The van der Waals surface area contributed by atoms with Gasteiger partial charge >= 0.3 is 6.61 Å². The number of benzene rings is 1. The fourth-order valence-corrected chi connectivity index (χ4v) is 1.90. The van der Waals surface area contributed by atoms with E-state index < -0.39 is 18.1 Å². The van der Waals surface area contributed by atoms with Crippen molar-refractivity contribution < 1.29 is 18.3 Å². The Morgan fingerprint density at radius 1 is 1.32 bits per heavy atom. The number of H-pyrrole nitrogens is 1. The maximum absolute atomic E-state index is 12.4. The monoisotopic (exact) mass is 328 g/mol. The zero-order valence-electron chi connectivity index (χ0n) is 11.3. The number of alkyl halides is 2. The summed E-state index contributed by atoms with van der Waals surface area (Å²) >= 11 is 5.70. The average Bonchev–Trinajstić information content (AvgIpc) is 2.41. The van der Waals surface area contributed by atoms with E-state index in [1.807, 2.05) is 0 Å². The van der Waals surface area contributed by atoms with Gasteiger partial charge in [0, 0.05) is 16.8 Å². The van der Waals surface area contributed by atoms with Crippen molar-refractivity contribution in [3.05, 3.63) is 57.0 Å². The number of hydrogen-bond acceptors (Lipinski definition) is 3. The van der Waals surface area contributed by atoms with Crippen LogP contribution in [-0.4, -0.2) is 17.5 Å². The quantitative estimate of drug-likeness (QED) is 0.905. The normalized spacial score (nSPS) is 10.6. The lowest BCUT2D eigenvalue weighted by molar-refractivity contribution is -0.0493. The first-order valence-electron chi connectivity index (χ1n) is 6.12. The highest BCUT2D eigenvalue weighted by Gasteiger charge is 2.15. The number of ether oxygens (including phenoxy) is 1. The first-order chi connectivity index (χ1) is 10.4. The standard InChI is InChI=1S/C14H11ClF2N2O3/c1-7-2-4-9(12(20)18-7)13(21)19-10-5-3-8(15)6-11(10)22-14(16)17/h2-6,14H,1H3,(H,18,20)(H,19,21). The summed E-state index contributed by atoms with van der Waals surface area (Å²) in [5.41, 5.74) is -0.157. The number of aromatic amines is 1. The van der Waals surface area contributed by atoms with E-state index in [0.29, 0.717) is 5.69 Å². The molecule has 0 unspecified atom stereocenters. The highest BCUT2D eigenvalue weighted by atomic mass is 35.5. The zero-order chi connectivity index (χ0) is 16.3. The van der Waals surface area contributed by atoms with Crippen molar-refractivity contribution in [2.45, 2.75) is 13.5 Å². The molecule has 22 heavy (non-hydrogen) atoms. The van der Waals surface area contributed by atoms with E-state index in [0.717, 1.165) is 6.07 Å². The lowest BCUT2D eigenvalue weighted by atomic mass is 10.2. The van der Waals surface area contributed by atoms with Gasteiger partial charge in [0.05, 0.1) is 5.69 Å². The molecule has 0 aliphatic rings. The molecule has 5 nitrogen and oxygen atoms in total. The topological polar surface area (TPSA) is 71.2 Å². The SMILES string of the molecule is Cc1ccc(C(=O)Nc2ccc(Cl)cc2OC(F)F)c(=O)[nH]1. The first kappa shape index (κ1) is 16.0. The molecule has 0 fully saturated rings. The van der Waals surface area contributed by atoms with E-state index in [1.165, 1.54) is 18.2 Å². The molecular formula is C14H11ClF2N2O3. The zero-order valence-corrected chi connectivity index (χ0v) is 12.1. The van der Waals surface area contributed by atoms with Crippen LogP contribution in [0.5, 0.6) is 5.75 Å². The fraction of sp³-hybridized carbons (Fsp3) is 0.143. The Hall–Kier alpha value is -2.41. The minimum absolute atomic E-state index is 0.0188. The summed E-state index contributed by atoms with van der Waals surface area (Å²) in [6.45, 7) is -1.41. The molecule has 1 aromatic carbocycles. The summed E-state index contributed by atoms with van der Waals surface area (Å²) in [5, 5.41) is 2.51. The van der Waals surface area contributed by atoms with Crippen LogP contribution in [0.1, 0.15) is 16.1 Å². The number of carbonyl (C=O) groups is 1. The maximum Gasteiger partial charge on any atom is 0.387 e. The van der Waals surface area contributed by atoms with E-state index in [-0.39, 0.29) is 22.0 Å². The summed E-state index contributed by atoms with van der Waals surface area (Å²) in [7, 11) is 0. The second-order valence-corrected chi connectivity index (χ2v) is 4.79. The van der Waals surface area contributed by atoms with Gasteiger partial charge in [0.15, 0.2) is 5.75 Å². The third kappa shape index (κ3) is 3.82. The molecule has 2 rings (SSSR count). The number of amides is 1. The average molecular weight is 329 g/mol. The molecule has 0 atom stereocenters. The molecule has 1 aromatic heterocycles. The molecular weight excluding hydrogens is 318 g/mol. The highest BCUT2D eigenvalue weighted by Crippen LogP contribution is 2.29. The van der Waals surface area contributed by atoms with E-state index in [2.05, 4.69) is 15.0 Å². The molecule has 8 heteroatoms. The van der Waals surface area contributed by atoms with Crippen molar-refractivity contribution in [1.29, 1.82) is 0 Å². The van der Waals surface area contributed by atoms with Crippen LogP contribution in [0, 0.1) is 6.92 Å². The summed E-state index contributed by atoms with van der Waals surface area (Å²) < 4.78 is 29.0. The molecule has 0 saturated heterocycles. The van der Waals surface area contributed by atoms with Crippen molar-refractivity contribution in [1.82, 2.24) is 4.98 Å². The maximum atomic E-state index is 12.4. The molecule has 0 aliphatic carbocycles. The second-order valence-electron chi connectivity index (χ2n) is 4.36. The van der Waals surface area contributed by atoms with Crippen LogP contribution in [0.4, 0.5) is 14.5 Å². The van der Waals surface area contributed by atoms with Gasteiger partial charge in [-0.15, -0.1) is 0 Å². The van der Waals surface area contributed by atoms with Gasteiger partial charge in [-0.05, 0) is 31.2 Å². The summed E-state index contributed by atoms with van der Waals surface area (Å²) in [6, 6.07) is 6.74. The Balaban J connectivity index is 2.30. The molecule has 0 bridgehead atoms. The van der Waals surface area contributed by atoms with Crippen LogP contribution in [-0.2, 0) is 0 Å². The van der Waals surface area contributed by atoms with E-state index in [1.54, 1.807) is 13.0 Å². The molecule has 2 aromatic rings. The van der Waals surface area contributed by atoms with Gasteiger partial charge in [0.1, 0.15) is 5.56 Å². The van der Waals surface area contributed by atoms with Crippen LogP contribution >= 0.6 is 11.6 Å². The fourth-order valence-electron chi connectivity index (χ4n) is 1.73. The number of hydrogen-bond donors (Lipinski definition) is 2. The van der Waals surface area contributed by atoms with Gasteiger partial charge in [0.25, 0.3) is 11.5 Å². The Kier molecular flexibility index (Phi) is 4.77. The minimum atomic E-state index is -3.07. The molecule has 0 radical (unpaired) electrons. The Labute approximate surface area is 128 Å². The van der Waals surface area contributed by atoms with E-state index >= 15 is 0 Å². The minimum Gasteiger partial charge on any atom is -0.433 e. The number of nitrogens with one attached hydrogen (secondary N) is 2. The van der Waals surface area contributed by atoms with Gasteiger partial charge in [0.2, 0.25) is 0 Å². The molecule has 1 amide bonds. The van der Waals surface area contributed by atoms with Crippen molar-refractivity contribution >= 4 is 23.2 Å². The van der Waals surface area contributed by atoms with Crippen LogP contribution in [0.25, 0.3) is 0 Å². The van der Waals surface area contributed by atoms with Crippen LogP contribution in [0.3, 0.4) is 0 Å².